The molecule has 0 aliphatic carbocycles. The minimum absolute atomic E-state index is 0.247. The van der Waals surface area contributed by atoms with Gasteiger partial charge in [-0.15, -0.1) is 0 Å². The number of aliphatic hydroxyl groups is 1. The first-order valence-corrected chi connectivity index (χ1v) is 9.32. The smallest absolute Gasteiger partial charge is 0.236 e. The average Bonchev–Trinajstić information content (AvgIpc) is 2.64. The van der Waals surface area contributed by atoms with Gasteiger partial charge in [0, 0.05) is 64.6 Å². The van der Waals surface area contributed by atoms with Gasteiger partial charge in [-0.2, -0.15) is 0 Å². The van der Waals surface area contributed by atoms with E-state index in [9.17, 15) is 9.90 Å². The lowest BCUT2D eigenvalue weighted by Gasteiger charge is -2.38. The Bertz CT molecular complexity index is 536. The first-order chi connectivity index (χ1) is 12.1. The SMILES string of the molecule is C[C@H](O)CN1CCN(CC(=O)N2CCN(c3ccccc3)CC2)CC1. The van der Waals surface area contributed by atoms with Crippen LogP contribution in [0.4, 0.5) is 5.69 Å². The summed E-state index contributed by atoms with van der Waals surface area (Å²) in [5, 5.41) is 9.47. The van der Waals surface area contributed by atoms with Gasteiger partial charge in [0.25, 0.3) is 0 Å². The third kappa shape index (κ3) is 5.17. The zero-order valence-electron chi connectivity index (χ0n) is 15.2. The van der Waals surface area contributed by atoms with E-state index in [-0.39, 0.29) is 12.0 Å². The van der Waals surface area contributed by atoms with Crippen molar-refractivity contribution in [1.29, 1.82) is 0 Å². The molecule has 3 rings (SSSR count). The summed E-state index contributed by atoms with van der Waals surface area (Å²) in [7, 11) is 0. The largest absolute Gasteiger partial charge is 0.392 e. The Morgan fingerprint density at radius 3 is 2.16 bits per heavy atom. The molecule has 1 atom stereocenters. The first-order valence-electron chi connectivity index (χ1n) is 9.32. The average molecular weight is 346 g/mol. The second-order valence-corrected chi connectivity index (χ2v) is 7.13. The van der Waals surface area contributed by atoms with Crippen molar-refractivity contribution in [3.63, 3.8) is 0 Å². The van der Waals surface area contributed by atoms with Crippen LogP contribution in [0.1, 0.15) is 6.92 Å². The molecule has 0 radical (unpaired) electrons. The van der Waals surface area contributed by atoms with Crippen LogP contribution >= 0.6 is 0 Å². The van der Waals surface area contributed by atoms with Gasteiger partial charge in [-0.3, -0.25) is 14.6 Å². The van der Waals surface area contributed by atoms with Crippen molar-refractivity contribution in [3.8, 4) is 0 Å². The molecule has 1 N–H and O–H groups in total. The zero-order chi connectivity index (χ0) is 17.6. The molecular formula is C19H30N4O2. The second kappa shape index (κ2) is 8.65. The fourth-order valence-corrected chi connectivity index (χ4v) is 3.65. The van der Waals surface area contributed by atoms with Gasteiger partial charge in [0.15, 0.2) is 0 Å². The Hall–Kier alpha value is -1.63. The minimum atomic E-state index is -0.283. The number of carbonyl (C=O) groups excluding carboxylic acids is 1. The summed E-state index contributed by atoms with van der Waals surface area (Å²) in [5.74, 6) is 0.247. The van der Waals surface area contributed by atoms with E-state index in [1.54, 1.807) is 0 Å². The molecule has 25 heavy (non-hydrogen) atoms. The third-order valence-corrected chi connectivity index (χ3v) is 5.10. The van der Waals surface area contributed by atoms with Crippen LogP contribution < -0.4 is 4.90 Å². The van der Waals surface area contributed by atoms with Crippen LogP contribution in [0.25, 0.3) is 0 Å². The fraction of sp³-hybridized carbons (Fsp3) is 0.632. The van der Waals surface area contributed by atoms with Crippen LogP contribution in [0.2, 0.25) is 0 Å². The fourth-order valence-electron chi connectivity index (χ4n) is 3.65. The number of benzene rings is 1. The van der Waals surface area contributed by atoms with Gasteiger partial charge in [-0.05, 0) is 19.1 Å². The highest BCUT2D eigenvalue weighted by Crippen LogP contribution is 2.15. The van der Waals surface area contributed by atoms with Gasteiger partial charge in [-0.25, -0.2) is 0 Å². The number of carbonyl (C=O) groups is 1. The van der Waals surface area contributed by atoms with Crippen LogP contribution in [0.15, 0.2) is 30.3 Å². The number of rotatable bonds is 5. The van der Waals surface area contributed by atoms with Crippen molar-refractivity contribution >= 4 is 11.6 Å². The number of aliphatic hydroxyl groups excluding tert-OH is 1. The lowest BCUT2D eigenvalue weighted by atomic mass is 10.2. The first kappa shape index (κ1) is 18.2. The van der Waals surface area contributed by atoms with Gasteiger partial charge in [0.1, 0.15) is 0 Å². The molecule has 0 aromatic heterocycles. The molecule has 138 valence electrons. The zero-order valence-corrected chi connectivity index (χ0v) is 15.2. The molecule has 1 aromatic rings. The quantitative estimate of drug-likeness (QED) is 0.833. The van der Waals surface area contributed by atoms with Crippen molar-refractivity contribution in [2.75, 3.05) is 70.3 Å². The number of para-hydroxylation sites is 1. The topological polar surface area (TPSA) is 50.3 Å². The maximum atomic E-state index is 12.6. The molecule has 2 aliphatic rings. The predicted molar refractivity (Wildman–Crippen MR) is 99.8 cm³/mol. The summed E-state index contributed by atoms with van der Waals surface area (Å²) in [5.41, 5.74) is 1.24. The van der Waals surface area contributed by atoms with E-state index < -0.39 is 0 Å². The Kier molecular flexibility index (Phi) is 6.29. The van der Waals surface area contributed by atoms with E-state index in [1.165, 1.54) is 5.69 Å². The van der Waals surface area contributed by atoms with Crippen LogP contribution in [0, 0.1) is 0 Å². The number of hydrogen-bond acceptors (Lipinski definition) is 5. The summed E-state index contributed by atoms with van der Waals surface area (Å²) in [6, 6.07) is 10.4. The van der Waals surface area contributed by atoms with Gasteiger partial charge in [0.05, 0.1) is 12.6 Å². The van der Waals surface area contributed by atoms with E-state index in [1.807, 2.05) is 17.9 Å². The van der Waals surface area contributed by atoms with Gasteiger partial charge >= 0.3 is 0 Å². The molecule has 2 heterocycles. The number of amides is 1. The molecule has 1 amide bonds. The Labute approximate surface area is 150 Å². The molecule has 0 bridgehead atoms. The van der Waals surface area contributed by atoms with E-state index in [4.69, 9.17) is 0 Å². The molecule has 2 fully saturated rings. The number of β-amino-alcohol motifs (C(OH)–C–C–N with tert-alkyl or cyclic N) is 1. The highest BCUT2D eigenvalue weighted by molar-refractivity contribution is 5.78. The van der Waals surface area contributed by atoms with E-state index in [2.05, 4.69) is 39.0 Å². The van der Waals surface area contributed by atoms with E-state index in [0.717, 1.165) is 58.9 Å². The Morgan fingerprint density at radius 1 is 0.960 bits per heavy atom. The van der Waals surface area contributed by atoms with Crippen molar-refractivity contribution < 1.29 is 9.90 Å². The number of anilines is 1. The van der Waals surface area contributed by atoms with Crippen molar-refractivity contribution in [2.45, 2.75) is 13.0 Å². The molecule has 0 saturated carbocycles. The van der Waals surface area contributed by atoms with Crippen LogP contribution in [0.3, 0.4) is 0 Å². The van der Waals surface area contributed by atoms with Crippen molar-refractivity contribution in [2.24, 2.45) is 0 Å². The summed E-state index contributed by atoms with van der Waals surface area (Å²) in [6.07, 6.45) is -0.283. The maximum Gasteiger partial charge on any atom is 0.236 e. The highest BCUT2D eigenvalue weighted by Gasteiger charge is 2.25. The normalized spacial score (nSPS) is 21.4. The molecule has 2 saturated heterocycles. The minimum Gasteiger partial charge on any atom is -0.392 e. The third-order valence-electron chi connectivity index (χ3n) is 5.10. The summed E-state index contributed by atoms with van der Waals surface area (Å²) in [4.78, 5) is 21.4. The molecule has 6 nitrogen and oxygen atoms in total. The number of nitrogens with zero attached hydrogens (tertiary/aromatic N) is 4. The van der Waals surface area contributed by atoms with Crippen LogP contribution in [-0.4, -0.2) is 97.3 Å². The standard InChI is InChI=1S/C19H30N4O2/c1-17(24)15-20-7-9-21(10-8-20)16-19(25)23-13-11-22(12-14-23)18-5-3-2-4-6-18/h2-6,17,24H,7-16H2,1H3/t17-/m0/s1. The van der Waals surface area contributed by atoms with Crippen molar-refractivity contribution in [1.82, 2.24) is 14.7 Å². The van der Waals surface area contributed by atoms with E-state index >= 15 is 0 Å². The summed E-state index contributed by atoms with van der Waals surface area (Å²) < 4.78 is 0. The van der Waals surface area contributed by atoms with Gasteiger partial charge in [0.2, 0.25) is 5.91 Å². The Morgan fingerprint density at radius 2 is 1.56 bits per heavy atom. The molecule has 0 spiro atoms. The number of hydrogen-bond donors (Lipinski definition) is 1. The van der Waals surface area contributed by atoms with Gasteiger partial charge < -0.3 is 14.9 Å². The second-order valence-electron chi connectivity index (χ2n) is 7.13. The lowest BCUT2D eigenvalue weighted by molar-refractivity contribution is -0.133. The molecular weight excluding hydrogens is 316 g/mol. The lowest BCUT2D eigenvalue weighted by Crippen LogP contribution is -2.54. The summed E-state index contributed by atoms with van der Waals surface area (Å²) >= 11 is 0. The highest BCUT2D eigenvalue weighted by atomic mass is 16.3. The van der Waals surface area contributed by atoms with Crippen LogP contribution in [-0.2, 0) is 4.79 Å². The number of piperazine rings is 2. The van der Waals surface area contributed by atoms with E-state index in [0.29, 0.717) is 6.54 Å². The predicted octanol–water partition coefficient (Wildman–Crippen LogP) is 0.334. The molecule has 6 heteroatoms. The monoisotopic (exact) mass is 346 g/mol. The van der Waals surface area contributed by atoms with Crippen LogP contribution in [0.5, 0.6) is 0 Å². The molecule has 1 aromatic carbocycles. The Balaban J connectivity index is 1.40. The maximum absolute atomic E-state index is 12.6. The van der Waals surface area contributed by atoms with Crippen molar-refractivity contribution in [3.05, 3.63) is 30.3 Å². The molecule has 0 unspecified atom stereocenters. The van der Waals surface area contributed by atoms with Gasteiger partial charge in [-0.1, -0.05) is 18.2 Å². The summed E-state index contributed by atoms with van der Waals surface area (Å²) in [6.45, 7) is 10.1. The molecule has 2 aliphatic heterocycles.